The molecule has 2 amide bonds. The molecule has 0 unspecified atom stereocenters. The number of benzene rings is 2. The molecule has 1 heterocycles. The predicted octanol–water partition coefficient (Wildman–Crippen LogP) is 1.81. The average Bonchev–Trinajstić information content (AvgIpc) is 3.04. The maximum Gasteiger partial charge on any atom is 0.329 e. The molecule has 0 saturated carbocycles. The first-order valence-electron chi connectivity index (χ1n) is 7.23. The van der Waals surface area contributed by atoms with Crippen LogP contribution in [-0.4, -0.2) is 24.8 Å². The topological polar surface area (TPSA) is 89.0 Å². The molecule has 2 aromatic carbocycles. The summed E-state index contributed by atoms with van der Waals surface area (Å²) in [7, 11) is 0. The second-order valence-electron chi connectivity index (χ2n) is 5.08. The van der Waals surface area contributed by atoms with E-state index in [1.165, 1.54) is 6.21 Å². The van der Waals surface area contributed by atoms with Crippen LogP contribution in [0.1, 0.15) is 11.1 Å². The summed E-state index contributed by atoms with van der Waals surface area (Å²) in [6.45, 7) is 2.02. The van der Waals surface area contributed by atoms with Gasteiger partial charge in [-0.05, 0) is 42.3 Å². The van der Waals surface area contributed by atoms with E-state index in [1.54, 1.807) is 30.3 Å². The molecule has 2 aromatic rings. The van der Waals surface area contributed by atoms with Crippen LogP contribution in [0.15, 0.2) is 47.6 Å². The smallest absolute Gasteiger partial charge is 0.329 e. The zero-order valence-electron chi connectivity index (χ0n) is 12.9. The van der Waals surface area contributed by atoms with Crippen LogP contribution < -0.4 is 20.2 Å². The van der Waals surface area contributed by atoms with Crippen molar-refractivity contribution in [3.63, 3.8) is 0 Å². The Morgan fingerprint density at radius 3 is 2.71 bits per heavy atom. The molecule has 0 bridgehead atoms. The van der Waals surface area contributed by atoms with E-state index in [0.29, 0.717) is 22.7 Å². The van der Waals surface area contributed by atoms with Gasteiger partial charge < -0.3 is 14.8 Å². The largest absolute Gasteiger partial charge is 0.454 e. The first kappa shape index (κ1) is 15.5. The molecule has 1 aliphatic rings. The Morgan fingerprint density at radius 1 is 1.08 bits per heavy atom. The SMILES string of the molecule is Cc1ccccc1NC(=O)C(=O)N/N=C/c1ccc2c(c1)OCO2. The van der Waals surface area contributed by atoms with E-state index < -0.39 is 11.8 Å². The highest BCUT2D eigenvalue weighted by molar-refractivity contribution is 6.39. The Labute approximate surface area is 138 Å². The molecule has 0 atom stereocenters. The number of nitrogens with one attached hydrogen (secondary N) is 2. The molecule has 0 saturated heterocycles. The number of hydrogen-bond donors (Lipinski definition) is 2. The number of nitrogens with zero attached hydrogens (tertiary/aromatic N) is 1. The lowest BCUT2D eigenvalue weighted by molar-refractivity contribution is -0.136. The maximum absolute atomic E-state index is 11.8. The Bertz CT molecular complexity index is 817. The summed E-state index contributed by atoms with van der Waals surface area (Å²) in [5, 5.41) is 6.30. The summed E-state index contributed by atoms with van der Waals surface area (Å²) in [6.07, 6.45) is 1.42. The summed E-state index contributed by atoms with van der Waals surface area (Å²) in [6, 6.07) is 12.4. The molecule has 0 radical (unpaired) electrons. The first-order chi connectivity index (χ1) is 11.6. The molecule has 2 N–H and O–H groups in total. The van der Waals surface area contributed by atoms with Crippen molar-refractivity contribution >= 4 is 23.7 Å². The third-order valence-electron chi connectivity index (χ3n) is 3.38. The Hall–Kier alpha value is -3.35. The van der Waals surface area contributed by atoms with Crippen LogP contribution in [0, 0.1) is 6.92 Å². The highest BCUT2D eigenvalue weighted by Gasteiger charge is 2.14. The monoisotopic (exact) mass is 325 g/mol. The summed E-state index contributed by atoms with van der Waals surface area (Å²) in [5.41, 5.74) is 4.34. The van der Waals surface area contributed by atoms with Crippen molar-refractivity contribution in [2.24, 2.45) is 5.10 Å². The fourth-order valence-electron chi connectivity index (χ4n) is 2.10. The van der Waals surface area contributed by atoms with Gasteiger partial charge in [-0.2, -0.15) is 5.10 Å². The molecule has 122 valence electrons. The van der Waals surface area contributed by atoms with E-state index in [1.807, 2.05) is 19.1 Å². The van der Waals surface area contributed by atoms with Crippen LogP contribution >= 0.6 is 0 Å². The van der Waals surface area contributed by atoms with Gasteiger partial charge in [-0.15, -0.1) is 0 Å². The van der Waals surface area contributed by atoms with Gasteiger partial charge in [0.1, 0.15) is 0 Å². The van der Waals surface area contributed by atoms with Crippen LogP contribution in [0.5, 0.6) is 11.5 Å². The minimum Gasteiger partial charge on any atom is -0.454 e. The number of fused-ring (bicyclic) bond motifs is 1. The van der Waals surface area contributed by atoms with Crippen LogP contribution in [0.2, 0.25) is 0 Å². The van der Waals surface area contributed by atoms with Crippen LogP contribution in [-0.2, 0) is 9.59 Å². The van der Waals surface area contributed by atoms with E-state index in [-0.39, 0.29) is 6.79 Å². The normalized spacial score (nSPS) is 12.2. The molecular formula is C17H15N3O4. The molecule has 0 spiro atoms. The van der Waals surface area contributed by atoms with Gasteiger partial charge >= 0.3 is 11.8 Å². The number of anilines is 1. The highest BCUT2D eigenvalue weighted by atomic mass is 16.7. The number of ether oxygens (including phenoxy) is 2. The number of hydrazone groups is 1. The number of carbonyl (C=O) groups excluding carboxylic acids is 2. The van der Waals surface area contributed by atoms with Crippen molar-refractivity contribution in [2.45, 2.75) is 6.92 Å². The van der Waals surface area contributed by atoms with Crippen molar-refractivity contribution in [1.82, 2.24) is 5.43 Å². The number of amides is 2. The highest BCUT2D eigenvalue weighted by Crippen LogP contribution is 2.31. The lowest BCUT2D eigenvalue weighted by Gasteiger charge is -2.06. The number of hydrogen-bond acceptors (Lipinski definition) is 5. The van der Waals surface area contributed by atoms with Gasteiger partial charge in [0.2, 0.25) is 6.79 Å². The van der Waals surface area contributed by atoms with Crippen molar-refractivity contribution in [2.75, 3.05) is 12.1 Å². The molecule has 3 rings (SSSR count). The zero-order chi connectivity index (χ0) is 16.9. The van der Waals surface area contributed by atoms with E-state index in [9.17, 15) is 9.59 Å². The van der Waals surface area contributed by atoms with Gasteiger partial charge in [-0.25, -0.2) is 5.43 Å². The first-order valence-corrected chi connectivity index (χ1v) is 7.23. The third-order valence-corrected chi connectivity index (χ3v) is 3.38. The Kier molecular flexibility index (Phi) is 4.42. The lowest BCUT2D eigenvalue weighted by Crippen LogP contribution is -2.32. The van der Waals surface area contributed by atoms with Crippen molar-refractivity contribution in [3.8, 4) is 11.5 Å². The molecule has 0 aromatic heterocycles. The second kappa shape index (κ2) is 6.82. The summed E-state index contributed by atoms with van der Waals surface area (Å²) >= 11 is 0. The predicted molar refractivity (Wildman–Crippen MR) is 88.1 cm³/mol. The third kappa shape index (κ3) is 3.52. The zero-order valence-corrected chi connectivity index (χ0v) is 12.9. The van der Waals surface area contributed by atoms with Gasteiger partial charge in [0.05, 0.1) is 6.21 Å². The summed E-state index contributed by atoms with van der Waals surface area (Å²) in [4.78, 5) is 23.6. The molecule has 24 heavy (non-hydrogen) atoms. The summed E-state index contributed by atoms with van der Waals surface area (Å²) < 4.78 is 10.5. The lowest BCUT2D eigenvalue weighted by atomic mass is 10.2. The van der Waals surface area contributed by atoms with Gasteiger partial charge in [0.25, 0.3) is 0 Å². The van der Waals surface area contributed by atoms with E-state index >= 15 is 0 Å². The number of rotatable bonds is 3. The molecule has 0 aliphatic carbocycles. The summed E-state index contributed by atoms with van der Waals surface area (Å²) in [5.74, 6) is -0.362. The Balaban J connectivity index is 1.57. The molecule has 7 heteroatoms. The average molecular weight is 325 g/mol. The van der Waals surface area contributed by atoms with Crippen LogP contribution in [0.4, 0.5) is 5.69 Å². The molecule has 0 fully saturated rings. The van der Waals surface area contributed by atoms with Gasteiger partial charge in [-0.1, -0.05) is 18.2 Å². The van der Waals surface area contributed by atoms with Gasteiger partial charge in [0, 0.05) is 5.69 Å². The van der Waals surface area contributed by atoms with Crippen LogP contribution in [0.25, 0.3) is 0 Å². The number of aryl methyl sites for hydroxylation is 1. The van der Waals surface area contributed by atoms with Gasteiger partial charge in [0.15, 0.2) is 11.5 Å². The van der Waals surface area contributed by atoms with Crippen LogP contribution in [0.3, 0.4) is 0 Å². The second-order valence-corrected chi connectivity index (χ2v) is 5.08. The van der Waals surface area contributed by atoms with E-state index in [0.717, 1.165) is 5.56 Å². The quantitative estimate of drug-likeness (QED) is 0.512. The fraction of sp³-hybridized carbons (Fsp3) is 0.118. The number of para-hydroxylation sites is 1. The minimum absolute atomic E-state index is 0.186. The number of carbonyl (C=O) groups is 2. The van der Waals surface area contributed by atoms with Crippen molar-refractivity contribution in [1.29, 1.82) is 0 Å². The van der Waals surface area contributed by atoms with Crippen molar-refractivity contribution < 1.29 is 19.1 Å². The van der Waals surface area contributed by atoms with Gasteiger partial charge in [-0.3, -0.25) is 9.59 Å². The van der Waals surface area contributed by atoms with Crippen molar-refractivity contribution in [3.05, 3.63) is 53.6 Å². The fourth-order valence-corrected chi connectivity index (χ4v) is 2.10. The Morgan fingerprint density at radius 2 is 1.88 bits per heavy atom. The minimum atomic E-state index is -0.852. The maximum atomic E-state index is 11.8. The van der Waals surface area contributed by atoms with E-state index in [4.69, 9.17) is 9.47 Å². The van der Waals surface area contributed by atoms with E-state index in [2.05, 4.69) is 15.8 Å². The molecule has 1 aliphatic heterocycles. The molecular weight excluding hydrogens is 310 g/mol. The standard InChI is InChI=1S/C17H15N3O4/c1-11-4-2-3-5-13(11)19-16(21)17(22)20-18-9-12-6-7-14-15(8-12)24-10-23-14/h2-9H,10H2,1H3,(H,19,21)(H,20,22)/b18-9+. The molecule has 7 nitrogen and oxygen atoms in total.